The van der Waals surface area contributed by atoms with E-state index in [4.69, 9.17) is 16.3 Å². The van der Waals surface area contributed by atoms with Gasteiger partial charge in [-0.05, 0) is 38.1 Å². The van der Waals surface area contributed by atoms with Crippen molar-refractivity contribution in [3.63, 3.8) is 0 Å². The molecule has 0 unspecified atom stereocenters. The normalized spacial score (nSPS) is 10.5. The van der Waals surface area contributed by atoms with Crippen LogP contribution in [0.15, 0.2) is 48.5 Å². The molecule has 19 heavy (non-hydrogen) atoms. The fourth-order valence-corrected chi connectivity index (χ4v) is 2.00. The van der Waals surface area contributed by atoms with Gasteiger partial charge in [0.2, 0.25) is 0 Å². The lowest BCUT2D eigenvalue weighted by Gasteiger charge is -2.12. The number of benzene rings is 2. The van der Waals surface area contributed by atoms with Crippen molar-refractivity contribution in [2.75, 3.05) is 5.32 Å². The van der Waals surface area contributed by atoms with E-state index in [1.807, 2.05) is 48.5 Å². The number of rotatable bonds is 5. The molecule has 0 spiro atoms. The maximum Gasteiger partial charge on any atom is 0.119 e. The molecule has 0 saturated carbocycles. The van der Waals surface area contributed by atoms with Gasteiger partial charge < -0.3 is 10.1 Å². The summed E-state index contributed by atoms with van der Waals surface area (Å²) in [6.07, 6.45) is 0. The molecule has 0 atom stereocenters. The van der Waals surface area contributed by atoms with Gasteiger partial charge in [0, 0.05) is 22.3 Å². The number of para-hydroxylation sites is 1. The second-order valence-electron chi connectivity index (χ2n) is 4.71. The van der Waals surface area contributed by atoms with Crippen molar-refractivity contribution >= 4 is 17.3 Å². The lowest BCUT2D eigenvalue weighted by Crippen LogP contribution is -2.09. The van der Waals surface area contributed by atoms with Crippen molar-refractivity contribution in [1.82, 2.24) is 0 Å². The summed E-state index contributed by atoms with van der Waals surface area (Å²) in [5, 5.41) is 4.04. The monoisotopic (exact) mass is 275 g/mol. The number of nitrogens with one attached hydrogen (secondary N) is 1. The van der Waals surface area contributed by atoms with Gasteiger partial charge in [-0.2, -0.15) is 0 Å². The van der Waals surface area contributed by atoms with Crippen molar-refractivity contribution in [3.05, 3.63) is 59.1 Å². The number of hydrogen-bond acceptors (Lipinski definition) is 2. The van der Waals surface area contributed by atoms with Crippen molar-refractivity contribution in [2.24, 2.45) is 0 Å². The zero-order valence-corrected chi connectivity index (χ0v) is 11.9. The molecule has 0 bridgehead atoms. The van der Waals surface area contributed by atoms with Crippen LogP contribution in [0.1, 0.15) is 19.4 Å². The minimum atomic E-state index is 0.391. The Kier molecular flexibility index (Phi) is 4.69. The van der Waals surface area contributed by atoms with E-state index in [0.717, 1.165) is 22.0 Å². The molecule has 0 aliphatic heterocycles. The van der Waals surface area contributed by atoms with Crippen molar-refractivity contribution in [2.45, 2.75) is 26.5 Å². The van der Waals surface area contributed by atoms with Crippen LogP contribution in [0.2, 0.25) is 5.02 Å². The largest absolute Gasteiger partial charge is 0.489 e. The zero-order valence-electron chi connectivity index (χ0n) is 11.2. The van der Waals surface area contributed by atoms with E-state index in [1.54, 1.807) is 0 Å². The predicted molar refractivity (Wildman–Crippen MR) is 81.0 cm³/mol. The topological polar surface area (TPSA) is 21.3 Å². The van der Waals surface area contributed by atoms with Crippen LogP contribution in [0.5, 0.6) is 5.75 Å². The van der Waals surface area contributed by atoms with Gasteiger partial charge in [-0.3, -0.25) is 0 Å². The van der Waals surface area contributed by atoms with Crippen LogP contribution in [-0.4, -0.2) is 6.04 Å². The molecule has 0 saturated heterocycles. The molecule has 3 heteroatoms. The van der Waals surface area contributed by atoms with E-state index >= 15 is 0 Å². The summed E-state index contributed by atoms with van der Waals surface area (Å²) in [6, 6.07) is 16.1. The highest BCUT2D eigenvalue weighted by Crippen LogP contribution is 2.23. The Bertz CT molecular complexity index is 526. The molecule has 100 valence electrons. The van der Waals surface area contributed by atoms with Crippen LogP contribution in [0.3, 0.4) is 0 Å². The molecule has 0 radical (unpaired) electrons. The summed E-state index contributed by atoms with van der Waals surface area (Å²) in [5.41, 5.74) is 2.02. The standard InChI is InChI=1S/C16H18ClNO/c1-12(2)18-14-9-8-13(16(17)10-14)11-19-15-6-4-3-5-7-15/h3-10,12,18H,11H2,1-2H3. The Morgan fingerprint density at radius 3 is 2.47 bits per heavy atom. The Morgan fingerprint density at radius 2 is 1.84 bits per heavy atom. The van der Waals surface area contributed by atoms with Gasteiger partial charge >= 0.3 is 0 Å². The van der Waals surface area contributed by atoms with E-state index in [0.29, 0.717) is 12.6 Å². The van der Waals surface area contributed by atoms with Crippen LogP contribution < -0.4 is 10.1 Å². The molecule has 0 fully saturated rings. The summed E-state index contributed by atoms with van der Waals surface area (Å²) in [6.45, 7) is 4.67. The SMILES string of the molecule is CC(C)Nc1ccc(COc2ccccc2)c(Cl)c1. The molecule has 0 heterocycles. The average Bonchev–Trinajstić information content (AvgIpc) is 2.38. The van der Waals surface area contributed by atoms with Gasteiger partial charge in [0.1, 0.15) is 12.4 Å². The molecule has 2 aromatic rings. The number of anilines is 1. The van der Waals surface area contributed by atoms with E-state index in [9.17, 15) is 0 Å². The van der Waals surface area contributed by atoms with E-state index in [1.165, 1.54) is 0 Å². The number of ether oxygens (including phenoxy) is 1. The summed E-state index contributed by atoms with van der Waals surface area (Å²) in [7, 11) is 0. The second kappa shape index (κ2) is 6.48. The summed E-state index contributed by atoms with van der Waals surface area (Å²) in [4.78, 5) is 0. The molecule has 2 aromatic carbocycles. The Balaban J connectivity index is 2.01. The first-order chi connectivity index (χ1) is 9.15. The van der Waals surface area contributed by atoms with Crippen molar-refractivity contribution < 1.29 is 4.74 Å². The van der Waals surface area contributed by atoms with Crippen LogP contribution >= 0.6 is 11.6 Å². The van der Waals surface area contributed by atoms with Crippen molar-refractivity contribution in [3.8, 4) is 5.75 Å². The van der Waals surface area contributed by atoms with Gasteiger partial charge in [-0.1, -0.05) is 35.9 Å². The maximum atomic E-state index is 6.26. The van der Waals surface area contributed by atoms with Crippen LogP contribution in [0.25, 0.3) is 0 Å². The Labute approximate surface area is 119 Å². The summed E-state index contributed by atoms with van der Waals surface area (Å²) < 4.78 is 5.69. The summed E-state index contributed by atoms with van der Waals surface area (Å²) in [5.74, 6) is 0.850. The fraction of sp³-hybridized carbons (Fsp3) is 0.250. The third-order valence-electron chi connectivity index (χ3n) is 2.65. The van der Waals surface area contributed by atoms with Crippen LogP contribution in [0, 0.1) is 0 Å². The quantitative estimate of drug-likeness (QED) is 0.851. The molecule has 1 N–H and O–H groups in total. The highest BCUT2D eigenvalue weighted by Gasteiger charge is 2.04. The third-order valence-corrected chi connectivity index (χ3v) is 3.00. The van der Waals surface area contributed by atoms with E-state index in [2.05, 4.69) is 19.2 Å². The van der Waals surface area contributed by atoms with Gasteiger partial charge in [-0.15, -0.1) is 0 Å². The molecule has 0 amide bonds. The minimum absolute atomic E-state index is 0.391. The number of hydrogen-bond donors (Lipinski definition) is 1. The first-order valence-electron chi connectivity index (χ1n) is 6.38. The minimum Gasteiger partial charge on any atom is -0.489 e. The summed E-state index contributed by atoms with van der Waals surface area (Å²) >= 11 is 6.26. The van der Waals surface area contributed by atoms with E-state index < -0.39 is 0 Å². The van der Waals surface area contributed by atoms with Gasteiger partial charge in [-0.25, -0.2) is 0 Å². The molecule has 0 aromatic heterocycles. The van der Waals surface area contributed by atoms with Crippen LogP contribution in [0.4, 0.5) is 5.69 Å². The lowest BCUT2D eigenvalue weighted by atomic mass is 10.2. The first-order valence-corrected chi connectivity index (χ1v) is 6.76. The Morgan fingerprint density at radius 1 is 1.11 bits per heavy atom. The average molecular weight is 276 g/mol. The zero-order chi connectivity index (χ0) is 13.7. The molecule has 0 aliphatic rings. The smallest absolute Gasteiger partial charge is 0.119 e. The van der Waals surface area contributed by atoms with Crippen molar-refractivity contribution in [1.29, 1.82) is 0 Å². The molecule has 0 aliphatic carbocycles. The first kappa shape index (κ1) is 13.8. The van der Waals surface area contributed by atoms with Gasteiger partial charge in [0.05, 0.1) is 0 Å². The molecule has 2 rings (SSSR count). The molecular formula is C16H18ClNO. The third kappa shape index (κ3) is 4.18. The highest BCUT2D eigenvalue weighted by molar-refractivity contribution is 6.31. The molecule has 2 nitrogen and oxygen atoms in total. The fourth-order valence-electron chi connectivity index (χ4n) is 1.77. The molecular weight excluding hydrogens is 258 g/mol. The lowest BCUT2D eigenvalue weighted by molar-refractivity contribution is 0.306. The van der Waals surface area contributed by atoms with Gasteiger partial charge in [0.25, 0.3) is 0 Å². The number of halogens is 1. The van der Waals surface area contributed by atoms with E-state index in [-0.39, 0.29) is 0 Å². The van der Waals surface area contributed by atoms with Crippen LogP contribution in [-0.2, 0) is 6.61 Å². The predicted octanol–water partition coefficient (Wildman–Crippen LogP) is 4.74. The maximum absolute atomic E-state index is 6.26. The Hall–Kier alpha value is -1.67. The second-order valence-corrected chi connectivity index (χ2v) is 5.11. The van der Waals surface area contributed by atoms with Gasteiger partial charge in [0.15, 0.2) is 0 Å². The highest BCUT2D eigenvalue weighted by atomic mass is 35.5.